The van der Waals surface area contributed by atoms with Gasteiger partial charge >= 0.3 is 0 Å². The van der Waals surface area contributed by atoms with Gasteiger partial charge in [-0.25, -0.2) is 21.6 Å². The number of benzene rings is 1. The Kier molecular flexibility index (Phi) is 5.95. The summed E-state index contributed by atoms with van der Waals surface area (Å²) in [7, 11) is -3.82. The van der Waals surface area contributed by atoms with E-state index in [0.717, 1.165) is 24.3 Å². The molecule has 1 aromatic rings. The van der Waals surface area contributed by atoms with E-state index in [1.807, 2.05) is 5.32 Å². The summed E-state index contributed by atoms with van der Waals surface area (Å²) in [6, 6.07) is 4.13. The van der Waals surface area contributed by atoms with Gasteiger partial charge in [-0.1, -0.05) is 6.92 Å². The van der Waals surface area contributed by atoms with Crippen LogP contribution >= 0.6 is 0 Å². The van der Waals surface area contributed by atoms with Gasteiger partial charge in [0, 0.05) is 5.92 Å². The normalized spacial score (nSPS) is 13.7. The third-order valence-electron chi connectivity index (χ3n) is 2.91. The molecule has 22 heavy (non-hydrogen) atoms. The molecule has 124 valence electrons. The van der Waals surface area contributed by atoms with Crippen LogP contribution in [0, 0.1) is 11.7 Å². The minimum atomic E-state index is -3.82. The maximum Gasteiger partial charge on any atom is 0.277 e. The third kappa shape index (κ3) is 5.30. The fourth-order valence-electron chi connectivity index (χ4n) is 1.61. The van der Waals surface area contributed by atoms with Crippen molar-refractivity contribution in [2.24, 2.45) is 11.7 Å². The van der Waals surface area contributed by atoms with Gasteiger partial charge < -0.3 is 11.1 Å². The largest absolute Gasteiger partial charge is 0.350 e. The molecule has 0 aromatic heterocycles. The monoisotopic (exact) mass is 338 g/mol. The number of halogens is 3. The molecule has 0 aliphatic heterocycles. The van der Waals surface area contributed by atoms with Gasteiger partial charge in [-0.05, 0) is 24.3 Å². The molecule has 0 aliphatic carbocycles. The predicted octanol–water partition coefficient (Wildman–Crippen LogP) is 0.946. The second-order valence-corrected chi connectivity index (χ2v) is 6.95. The van der Waals surface area contributed by atoms with Crippen LogP contribution in [0.25, 0.3) is 0 Å². The average molecular weight is 338 g/mol. The van der Waals surface area contributed by atoms with E-state index in [-0.39, 0.29) is 4.90 Å². The highest BCUT2D eigenvalue weighted by Gasteiger charge is 2.29. The third-order valence-corrected chi connectivity index (χ3v) is 4.84. The van der Waals surface area contributed by atoms with Crippen molar-refractivity contribution in [3.63, 3.8) is 0 Å². The summed E-state index contributed by atoms with van der Waals surface area (Å²) < 4.78 is 62.7. The number of carbonyl (C=O) groups excluding carboxylic acids is 1. The van der Waals surface area contributed by atoms with E-state index in [1.165, 1.54) is 6.92 Å². The molecular formula is C13H17F3N2O3S. The number of hydrogen-bond donors (Lipinski definition) is 2. The summed E-state index contributed by atoms with van der Waals surface area (Å²) >= 11 is 0. The zero-order chi connectivity index (χ0) is 17.0. The summed E-state index contributed by atoms with van der Waals surface area (Å²) in [5.41, 5.74) is 4.83. The summed E-state index contributed by atoms with van der Waals surface area (Å²) in [5, 5.41) is 1.96. The van der Waals surface area contributed by atoms with Crippen LogP contribution in [0.15, 0.2) is 29.2 Å². The van der Waals surface area contributed by atoms with Gasteiger partial charge in [0.2, 0.25) is 5.91 Å². The number of rotatable bonds is 7. The van der Waals surface area contributed by atoms with Gasteiger partial charge in [-0.3, -0.25) is 4.79 Å². The van der Waals surface area contributed by atoms with E-state index in [9.17, 15) is 26.4 Å². The number of carbonyl (C=O) groups is 1. The molecule has 1 unspecified atom stereocenters. The van der Waals surface area contributed by atoms with Gasteiger partial charge in [0.25, 0.3) is 5.92 Å². The Morgan fingerprint density at radius 3 is 2.36 bits per heavy atom. The second-order valence-electron chi connectivity index (χ2n) is 4.91. The highest BCUT2D eigenvalue weighted by Crippen LogP contribution is 2.15. The first-order chi connectivity index (χ1) is 10.1. The molecule has 9 heteroatoms. The molecular weight excluding hydrogens is 321 g/mol. The minimum absolute atomic E-state index is 0.138. The van der Waals surface area contributed by atoms with Crippen molar-refractivity contribution in [1.29, 1.82) is 0 Å². The molecule has 1 rings (SSSR count). The maximum atomic E-state index is 12.9. The van der Waals surface area contributed by atoms with Crippen molar-refractivity contribution in [2.75, 3.05) is 18.8 Å². The van der Waals surface area contributed by atoms with Crippen LogP contribution in [0.3, 0.4) is 0 Å². The molecule has 0 saturated carbocycles. The first-order valence-electron chi connectivity index (χ1n) is 6.41. The molecule has 0 heterocycles. The Morgan fingerprint density at radius 2 is 1.86 bits per heavy atom. The van der Waals surface area contributed by atoms with Crippen molar-refractivity contribution < 1.29 is 26.4 Å². The Hall–Kier alpha value is -1.61. The van der Waals surface area contributed by atoms with Crippen LogP contribution in [0.4, 0.5) is 13.2 Å². The molecule has 1 aromatic carbocycles. The lowest BCUT2D eigenvalue weighted by Crippen LogP contribution is -2.44. The van der Waals surface area contributed by atoms with Gasteiger partial charge in [-0.2, -0.15) is 0 Å². The molecule has 0 fully saturated rings. The van der Waals surface area contributed by atoms with Crippen molar-refractivity contribution in [1.82, 2.24) is 5.32 Å². The lowest BCUT2D eigenvalue weighted by molar-refractivity contribution is -0.125. The smallest absolute Gasteiger partial charge is 0.277 e. The average Bonchev–Trinajstić information content (AvgIpc) is 2.44. The fourth-order valence-corrected chi connectivity index (χ4v) is 3.16. The van der Waals surface area contributed by atoms with Crippen LogP contribution < -0.4 is 11.1 Å². The highest BCUT2D eigenvalue weighted by atomic mass is 32.2. The van der Waals surface area contributed by atoms with Crippen LogP contribution in [0.2, 0.25) is 0 Å². The SMILES string of the molecule is CC(CS(=O)(=O)c1ccc(F)cc1)C(=O)NCC(F)(F)CN. The summed E-state index contributed by atoms with van der Waals surface area (Å²) in [5.74, 6) is -6.26. The molecule has 0 radical (unpaired) electrons. The van der Waals surface area contributed by atoms with Crippen LogP contribution in [0.1, 0.15) is 6.92 Å². The van der Waals surface area contributed by atoms with Crippen molar-refractivity contribution in [3.8, 4) is 0 Å². The van der Waals surface area contributed by atoms with E-state index < -0.39 is 52.2 Å². The molecule has 5 nitrogen and oxygen atoms in total. The minimum Gasteiger partial charge on any atom is -0.350 e. The lowest BCUT2D eigenvalue weighted by atomic mass is 10.2. The topological polar surface area (TPSA) is 89.3 Å². The summed E-state index contributed by atoms with van der Waals surface area (Å²) in [4.78, 5) is 11.5. The maximum absolute atomic E-state index is 12.9. The zero-order valence-corrected chi connectivity index (χ0v) is 12.7. The Labute approximate surface area is 126 Å². The molecule has 1 atom stereocenters. The number of nitrogens with two attached hydrogens (primary N) is 1. The van der Waals surface area contributed by atoms with E-state index in [1.54, 1.807) is 0 Å². The van der Waals surface area contributed by atoms with Gasteiger partial charge in [0.05, 0.1) is 23.7 Å². The number of amides is 1. The molecule has 0 saturated heterocycles. The molecule has 0 aliphatic rings. The summed E-state index contributed by atoms with van der Waals surface area (Å²) in [6.07, 6.45) is 0. The van der Waals surface area contributed by atoms with Crippen molar-refractivity contribution >= 4 is 15.7 Å². The quantitative estimate of drug-likeness (QED) is 0.724. The first kappa shape index (κ1) is 18.4. The van der Waals surface area contributed by atoms with E-state index in [4.69, 9.17) is 5.73 Å². The predicted molar refractivity (Wildman–Crippen MR) is 74.6 cm³/mol. The molecule has 1 amide bonds. The Balaban J connectivity index is 2.68. The Bertz CT molecular complexity index is 618. The summed E-state index contributed by atoms with van der Waals surface area (Å²) in [6.45, 7) is -0.574. The van der Waals surface area contributed by atoms with E-state index in [2.05, 4.69) is 0 Å². The second kappa shape index (κ2) is 7.10. The first-order valence-corrected chi connectivity index (χ1v) is 8.06. The van der Waals surface area contributed by atoms with Crippen molar-refractivity contribution in [3.05, 3.63) is 30.1 Å². The van der Waals surface area contributed by atoms with Gasteiger partial charge in [-0.15, -0.1) is 0 Å². The number of nitrogens with one attached hydrogen (secondary N) is 1. The molecule has 0 spiro atoms. The highest BCUT2D eigenvalue weighted by molar-refractivity contribution is 7.91. The Morgan fingerprint density at radius 1 is 1.32 bits per heavy atom. The number of hydrogen-bond acceptors (Lipinski definition) is 4. The van der Waals surface area contributed by atoms with Crippen LogP contribution in [0.5, 0.6) is 0 Å². The molecule has 3 N–H and O–H groups in total. The zero-order valence-electron chi connectivity index (χ0n) is 11.9. The van der Waals surface area contributed by atoms with Crippen LogP contribution in [-0.2, 0) is 14.6 Å². The number of alkyl halides is 2. The van der Waals surface area contributed by atoms with Crippen molar-refractivity contribution in [2.45, 2.75) is 17.7 Å². The fraction of sp³-hybridized carbons (Fsp3) is 0.462. The van der Waals surface area contributed by atoms with E-state index >= 15 is 0 Å². The van der Waals surface area contributed by atoms with Crippen LogP contribution in [-0.4, -0.2) is 39.1 Å². The lowest BCUT2D eigenvalue weighted by Gasteiger charge is -2.17. The van der Waals surface area contributed by atoms with Gasteiger partial charge in [0.1, 0.15) is 5.82 Å². The van der Waals surface area contributed by atoms with Gasteiger partial charge in [0.15, 0.2) is 9.84 Å². The number of sulfone groups is 1. The standard InChI is InChI=1S/C13H17F3N2O3S/c1-9(12(19)18-8-13(15,16)7-17)6-22(20,21)11-4-2-10(14)3-5-11/h2-5,9H,6-8,17H2,1H3,(H,18,19). The van der Waals surface area contributed by atoms with E-state index in [0.29, 0.717) is 0 Å². The molecule has 0 bridgehead atoms.